The molecule has 0 bridgehead atoms. The van der Waals surface area contributed by atoms with Gasteiger partial charge in [0.2, 0.25) is 5.92 Å². The summed E-state index contributed by atoms with van der Waals surface area (Å²) in [6, 6.07) is 0. The molecule has 0 rings (SSSR count). The van der Waals surface area contributed by atoms with E-state index in [1.54, 1.807) is 0 Å². The molecule has 0 spiro atoms. The second-order valence-electron chi connectivity index (χ2n) is 3.76. The van der Waals surface area contributed by atoms with Crippen molar-refractivity contribution in [2.75, 3.05) is 0 Å². The van der Waals surface area contributed by atoms with Gasteiger partial charge in [-0.15, -0.1) is 0 Å². The molecule has 0 radical (unpaired) electrons. The van der Waals surface area contributed by atoms with E-state index in [1.165, 1.54) is 0 Å². The van der Waals surface area contributed by atoms with E-state index in [1.807, 2.05) is 34.6 Å². The predicted molar refractivity (Wildman–Crippen MR) is 55.3 cm³/mol. The molecule has 0 heterocycles. The number of rotatable bonds is 4. The van der Waals surface area contributed by atoms with Gasteiger partial charge in [-0.3, -0.25) is 0 Å². The quantitative estimate of drug-likeness (QED) is 0.598. The molecular formula is C11H24F2. The van der Waals surface area contributed by atoms with Gasteiger partial charge in [-0.25, -0.2) is 8.78 Å². The first-order chi connectivity index (χ1) is 5.83. The largest absolute Gasteiger partial charge is 0.245 e. The Morgan fingerprint density at radius 2 is 1.23 bits per heavy atom. The minimum absolute atomic E-state index is 0.00694. The van der Waals surface area contributed by atoms with Crippen molar-refractivity contribution in [3.8, 4) is 0 Å². The maximum absolute atomic E-state index is 12.6. The molecule has 0 saturated heterocycles. The van der Waals surface area contributed by atoms with E-state index in [2.05, 4.69) is 0 Å². The third-order valence-corrected chi connectivity index (χ3v) is 2.44. The molecule has 82 valence electrons. The molecule has 0 atom stereocenters. The highest BCUT2D eigenvalue weighted by Gasteiger charge is 2.32. The van der Waals surface area contributed by atoms with E-state index >= 15 is 0 Å². The van der Waals surface area contributed by atoms with Crippen molar-refractivity contribution in [2.45, 2.75) is 66.7 Å². The maximum Gasteiger partial charge on any atom is 0.245 e. The fourth-order valence-electron chi connectivity index (χ4n) is 1.25. The third kappa shape index (κ3) is 8.20. The monoisotopic (exact) mass is 194 g/mol. The van der Waals surface area contributed by atoms with E-state index in [0.29, 0.717) is 0 Å². The standard InChI is InChI=1S/C9H18F2.C2H6/c1-5-8(3,6-2)7-9(4,10)11;1-2/h5-7H2,1-4H3;1-2H3. The van der Waals surface area contributed by atoms with Gasteiger partial charge in [-0.2, -0.15) is 0 Å². The van der Waals surface area contributed by atoms with Crippen LogP contribution in [0.15, 0.2) is 0 Å². The zero-order valence-electron chi connectivity index (χ0n) is 9.88. The normalized spacial score (nSPS) is 12.0. The molecule has 0 nitrogen and oxygen atoms in total. The summed E-state index contributed by atoms with van der Waals surface area (Å²) >= 11 is 0. The summed E-state index contributed by atoms with van der Waals surface area (Å²) in [5.41, 5.74) is -0.182. The fourth-order valence-corrected chi connectivity index (χ4v) is 1.25. The first kappa shape index (κ1) is 15.3. The number of hydrogen-bond acceptors (Lipinski definition) is 0. The van der Waals surface area contributed by atoms with Crippen LogP contribution in [-0.2, 0) is 0 Å². The molecule has 0 amide bonds. The molecule has 0 aromatic heterocycles. The summed E-state index contributed by atoms with van der Waals surface area (Å²) in [5, 5.41) is 0. The van der Waals surface area contributed by atoms with Crippen LogP contribution in [0.2, 0.25) is 0 Å². The zero-order chi connectivity index (χ0) is 11.1. The average Bonchev–Trinajstić information content (AvgIpc) is 2.05. The summed E-state index contributed by atoms with van der Waals surface area (Å²) < 4.78 is 25.2. The molecule has 0 fully saturated rings. The second-order valence-corrected chi connectivity index (χ2v) is 3.76. The van der Waals surface area contributed by atoms with E-state index in [4.69, 9.17) is 0 Å². The van der Waals surface area contributed by atoms with Gasteiger partial charge in [0.05, 0.1) is 0 Å². The van der Waals surface area contributed by atoms with Crippen LogP contribution in [-0.4, -0.2) is 5.92 Å². The Morgan fingerprint density at radius 1 is 0.923 bits per heavy atom. The Labute approximate surface area is 81.7 Å². The smallest absolute Gasteiger partial charge is 0.207 e. The van der Waals surface area contributed by atoms with Gasteiger partial charge in [0.1, 0.15) is 0 Å². The second kappa shape index (κ2) is 6.33. The first-order valence-electron chi connectivity index (χ1n) is 5.21. The van der Waals surface area contributed by atoms with Crippen LogP contribution < -0.4 is 0 Å². The van der Waals surface area contributed by atoms with Crippen LogP contribution in [0.4, 0.5) is 8.78 Å². The van der Waals surface area contributed by atoms with E-state index in [-0.39, 0.29) is 11.8 Å². The summed E-state index contributed by atoms with van der Waals surface area (Å²) in [6.45, 7) is 10.9. The molecule has 0 unspecified atom stereocenters. The van der Waals surface area contributed by atoms with Crippen molar-refractivity contribution in [3.63, 3.8) is 0 Å². The van der Waals surface area contributed by atoms with Crippen molar-refractivity contribution in [1.82, 2.24) is 0 Å². The topological polar surface area (TPSA) is 0 Å². The van der Waals surface area contributed by atoms with E-state index < -0.39 is 5.92 Å². The fraction of sp³-hybridized carbons (Fsp3) is 1.00. The molecule has 2 heteroatoms. The Balaban J connectivity index is 0. The van der Waals surface area contributed by atoms with Crippen molar-refractivity contribution in [1.29, 1.82) is 0 Å². The van der Waals surface area contributed by atoms with Gasteiger partial charge in [-0.1, -0.05) is 47.5 Å². The molecule has 0 aliphatic carbocycles. The van der Waals surface area contributed by atoms with E-state index in [0.717, 1.165) is 19.8 Å². The molecule has 0 aliphatic heterocycles. The van der Waals surface area contributed by atoms with Crippen LogP contribution >= 0.6 is 0 Å². The SMILES string of the molecule is CC.CCC(C)(CC)CC(C)(F)F. The van der Waals surface area contributed by atoms with Crippen molar-refractivity contribution in [3.05, 3.63) is 0 Å². The predicted octanol–water partition coefficient (Wildman–Crippen LogP) is 4.88. The highest BCUT2D eigenvalue weighted by Crippen LogP contribution is 2.37. The van der Waals surface area contributed by atoms with Crippen molar-refractivity contribution in [2.24, 2.45) is 5.41 Å². The van der Waals surface area contributed by atoms with Crippen LogP contribution in [0.1, 0.15) is 60.8 Å². The van der Waals surface area contributed by atoms with E-state index in [9.17, 15) is 8.78 Å². The molecule has 0 aromatic rings. The molecule has 0 N–H and O–H groups in total. The van der Waals surface area contributed by atoms with Gasteiger partial charge >= 0.3 is 0 Å². The number of halogens is 2. The summed E-state index contributed by atoms with van der Waals surface area (Å²) in [4.78, 5) is 0. The lowest BCUT2D eigenvalue weighted by Gasteiger charge is -2.29. The van der Waals surface area contributed by atoms with Gasteiger partial charge in [-0.05, 0) is 12.3 Å². The lowest BCUT2D eigenvalue weighted by Crippen LogP contribution is -2.24. The van der Waals surface area contributed by atoms with Crippen LogP contribution in [0.25, 0.3) is 0 Å². The minimum atomic E-state index is -2.51. The van der Waals surface area contributed by atoms with Gasteiger partial charge in [0.25, 0.3) is 0 Å². The number of hydrogen-bond donors (Lipinski definition) is 0. The Morgan fingerprint density at radius 3 is 1.31 bits per heavy atom. The zero-order valence-corrected chi connectivity index (χ0v) is 9.88. The van der Waals surface area contributed by atoms with Gasteiger partial charge in [0, 0.05) is 6.42 Å². The highest BCUT2D eigenvalue weighted by atomic mass is 19.3. The Bertz CT molecular complexity index is 110. The first-order valence-corrected chi connectivity index (χ1v) is 5.21. The van der Waals surface area contributed by atoms with Crippen LogP contribution in [0.3, 0.4) is 0 Å². The van der Waals surface area contributed by atoms with Crippen molar-refractivity contribution < 1.29 is 8.78 Å². The molecule has 13 heavy (non-hydrogen) atoms. The molecule has 0 saturated carbocycles. The highest BCUT2D eigenvalue weighted by molar-refractivity contribution is 4.76. The average molecular weight is 194 g/mol. The lowest BCUT2D eigenvalue weighted by atomic mass is 9.79. The summed E-state index contributed by atoms with van der Waals surface area (Å²) in [7, 11) is 0. The minimum Gasteiger partial charge on any atom is -0.207 e. The molecule has 0 aromatic carbocycles. The van der Waals surface area contributed by atoms with Crippen LogP contribution in [0, 0.1) is 5.41 Å². The lowest BCUT2D eigenvalue weighted by molar-refractivity contribution is -0.0274. The Hall–Kier alpha value is -0.140. The molecular weight excluding hydrogens is 170 g/mol. The third-order valence-electron chi connectivity index (χ3n) is 2.44. The van der Waals surface area contributed by atoms with Gasteiger partial charge < -0.3 is 0 Å². The summed E-state index contributed by atoms with van der Waals surface area (Å²) in [6.07, 6.45) is 1.66. The molecule has 0 aliphatic rings. The van der Waals surface area contributed by atoms with Crippen LogP contribution in [0.5, 0.6) is 0 Å². The van der Waals surface area contributed by atoms with Crippen molar-refractivity contribution >= 4 is 0 Å². The summed E-state index contributed by atoms with van der Waals surface area (Å²) in [5.74, 6) is -2.51. The maximum atomic E-state index is 12.6. The number of alkyl halides is 2. The van der Waals surface area contributed by atoms with Gasteiger partial charge in [0.15, 0.2) is 0 Å². The Kier molecular flexibility index (Phi) is 7.47.